The fraction of sp³-hybridized carbons (Fsp3) is 1.00. The fourth-order valence-electron chi connectivity index (χ4n) is 0.656. The van der Waals surface area contributed by atoms with Gasteiger partial charge in [-0.3, -0.25) is 0 Å². The second-order valence-corrected chi connectivity index (χ2v) is 2.19. The topological polar surface area (TPSA) is 49.7 Å². The van der Waals surface area contributed by atoms with Crippen LogP contribution in [0.4, 0.5) is 0 Å². The van der Waals surface area contributed by atoms with Crippen LogP contribution in [0.3, 0.4) is 0 Å². The lowest BCUT2D eigenvalue weighted by molar-refractivity contribution is -0.000352. The molecule has 0 bridgehead atoms. The van der Waals surface area contributed by atoms with Crippen molar-refractivity contribution in [3.8, 4) is 0 Å². The minimum atomic E-state index is -0.176. The van der Waals surface area contributed by atoms with Crippen molar-refractivity contribution in [2.45, 2.75) is 25.9 Å². The molecule has 0 radical (unpaired) electrons. The van der Waals surface area contributed by atoms with Crippen LogP contribution in [0.25, 0.3) is 0 Å². The zero-order valence-electron chi connectivity index (χ0n) is 6.42. The van der Waals surface area contributed by atoms with Crippen molar-refractivity contribution in [2.24, 2.45) is 0 Å². The van der Waals surface area contributed by atoms with Crippen molar-refractivity contribution < 1.29 is 14.9 Å². The third-order valence-corrected chi connectivity index (χ3v) is 1.21. The van der Waals surface area contributed by atoms with Crippen molar-refractivity contribution >= 4 is 0 Å². The van der Waals surface area contributed by atoms with Crippen LogP contribution in [-0.2, 0) is 4.74 Å². The number of aliphatic hydroxyl groups excluding tert-OH is 2. The first-order chi connectivity index (χ1) is 4.85. The highest BCUT2D eigenvalue weighted by molar-refractivity contribution is 4.53. The molecule has 3 nitrogen and oxygen atoms in total. The molecule has 2 N–H and O–H groups in total. The van der Waals surface area contributed by atoms with E-state index < -0.39 is 0 Å². The standard InChI is InChI=1S/C7H16O3/c1-2-5-10-7(6-9)3-4-8/h7-9H,2-6H2,1H3. The molecule has 0 rings (SSSR count). The summed E-state index contributed by atoms with van der Waals surface area (Å²) in [5.74, 6) is 0. The van der Waals surface area contributed by atoms with Gasteiger partial charge in [0, 0.05) is 13.2 Å². The Kier molecular flexibility index (Phi) is 6.91. The maximum absolute atomic E-state index is 8.65. The zero-order chi connectivity index (χ0) is 7.82. The van der Waals surface area contributed by atoms with Crippen LogP contribution in [0.15, 0.2) is 0 Å². The molecule has 0 fully saturated rings. The second-order valence-electron chi connectivity index (χ2n) is 2.19. The monoisotopic (exact) mass is 148 g/mol. The normalized spacial score (nSPS) is 13.5. The molecule has 1 atom stereocenters. The van der Waals surface area contributed by atoms with Crippen molar-refractivity contribution in [3.05, 3.63) is 0 Å². The van der Waals surface area contributed by atoms with E-state index in [9.17, 15) is 0 Å². The van der Waals surface area contributed by atoms with Gasteiger partial charge in [-0.15, -0.1) is 0 Å². The molecule has 10 heavy (non-hydrogen) atoms. The van der Waals surface area contributed by atoms with Gasteiger partial charge in [-0.1, -0.05) is 6.92 Å². The predicted molar refractivity (Wildman–Crippen MR) is 38.8 cm³/mol. The predicted octanol–water partition coefficient (Wildman–Crippen LogP) is 0.156. The summed E-state index contributed by atoms with van der Waals surface area (Å²) in [4.78, 5) is 0. The Bertz CT molecular complexity index is 65.9. The van der Waals surface area contributed by atoms with Gasteiger partial charge in [0.05, 0.1) is 12.7 Å². The SMILES string of the molecule is CCCOC(CO)CCO. The van der Waals surface area contributed by atoms with Crippen LogP contribution in [-0.4, -0.2) is 36.1 Å². The molecule has 1 unspecified atom stereocenters. The fourth-order valence-corrected chi connectivity index (χ4v) is 0.656. The molecule has 0 aromatic carbocycles. The van der Waals surface area contributed by atoms with Crippen LogP contribution in [0, 0.1) is 0 Å². The van der Waals surface area contributed by atoms with E-state index in [0.29, 0.717) is 13.0 Å². The third kappa shape index (κ3) is 4.73. The van der Waals surface area contributed by atoms with E-state index in [-0.39, 0.29) is 19.3 Å². The molecular formula is C7H16O3. The molecule has 0 aliphatic rings. The van der Waals surface area contributed by atoms with E-state index in [4.69, 9.17) is 14.9 Å². The van der Waals surface area contributed by atoms with E-state index in [1.54, 1.807) is 0 Å². The van der Waals surface area contributed by atoms with Gasteiger partial charge < -0.3 is 14.9 Å². The molecule has 62 valence electrons. The quantitative estimate of drug-likeness (QED) is 0.564. The molecule has 0 saturated heterocycles. The molecule has 3 heteroatoms. The van der Waals surface area contributed by atoms with Gasteiger partial charge in [0.25, 0.3) is 0 Å². The summed E-state index contributed by atoms with van der Waals surface area (Å²) in [6, 6.07) is 0. The third-order valence-electron chi connectivity index (χ3n) is 1.21. The van der Waals surface area contributed by atoms with E-state index in [0.717, 1.165) is 6.42 Å². The number of rotatable bonds is 6. The van der Waals surface area contributed by atoms with Crippen LogP contribution in [0.2, 0.25) is 0 Å². The summed E-state index contributed by atoms with van der Waals surface area (Å²) in [5, 5.41) is 17.1. The first-order valence-corrected chi connectivity index (χ1v) is 3.68. The van der Waals surface area contributed by atoms with Crippen molar-refractivity contribution in [1.29, 1.82) is 0 Å². The minimum absolute atomic E-state index is 0.000556. The highest BCUT2D eigenvalue weighted by Gasteiger charge is 2.04. The van der Waals surface area contributed by atoms with Gasteiger partial charge in [0.2, 0.25) is 0 Å². The highest BCUT2D eigenvalue weighted by Crippen LogP contribution is 1.96. The van der Waals surface area contributed by atoms with Gasteiger partial charge in [0.15, 0.2) is 0 Å². The van der Waals surface area contributed by atoms with Gasteiger partial charge in [-0.05, 0) is 12.8 Å². The molecule has 0 aromatic heterocycles. The summed E-state index contributed by atoms with van der Waals surface area (Å²) < 4.78 is 5.17. The summed E-state index contributed by atoms with van der Waals surface area (Å²) in [6.07, 6.45) is 1.29. The molecule has 0 spiro atoms. The maximum atomic E-state index is 8.65. The number of hydrogen-bond donors (Lipinski definition) is 2. The van der Waals surface area contributed by atoms with Crippen LogP contribution < -0.4 is 0 Å². The molecule has 0 aromatic rings. The summed E-state index contributed by atoms with van der Waals surface area (Å²) in [5.41, 5.74) is 0. The Morgan fingerprint density at radius 2 is 2.10 bits per heavy atom. The lowest BCUT2D eigenvalue weighted by atomic mass is 10.3. The second kappa shape index (κ2) is 6.99. The highest BCUT2D eigenvalue weighted by atomic mass is 16.5. The Morgan fingerprint density at radius 3 is 2.50 bits per heavy atom. The number of aliphatic hydroxyl groups is 2. The Morgan fingerprint density at radius 1 is 1.40 bits per heavy atom. The Labute approximate surface area is 61.6 Å². The molecule has 0 saturated carbocycles. The number of hydrogen-bond acceptors (Lipinski definition) is 3. The van der Waals surface area contributed by atoms with E-state index in [1.165, 1.54) is 0 Å². The van der Waals surface area contributed by atoms with Crippen molar-refractivity contribution in [1.82, 2.24) is 0 Å². The van der Waals surface area contributed by atoms with Crippen LogP contribution in [0.1, 0.15) is 19.8 Å². The Hall–Kier alpha value is -0.120. The molecule has 0 aliphatic carbocycles. The lowest BCUT2D eigenvalue weighted by Crippen LogP contribution is -2.19. The molecule has 0 amide bonds. The van der Waals surface area contributed by atoms with Crippen molar-refractivity contribution in [2.75, 3.05) is 19.8 Å². The van der Waals surface area contributed by atoms with Crippen LogP contribution >= 0.6 is 0 Å². The zero-order valence-corrected chi connectivity index (χ0v) is 6.42. The van der Waals surface area contributed by atoms with Crippen molar-refractivity contribution in [3.63, 3.8) is 0 Å². The average Bonchev–Trinajstić information content (AvgIpc) is 1.98. The lowest BCUT2D eigenvalue weighted by Gasteiger charge is -2.12. The largest absolute Gasteiger partial charge is 0.396 e. The summed E-state index contributed by atoms with van der Waals surface area (Å²) in [6.45, 7) is 2.74. The van der Waals surface area contributed by atoms with Gasteiger partial charge in [-0.25, -0.2) is 0 Å². The first kappa shape index (κ1) is 9.88. The average molecular weight is 148 g/mol. The maximum Gasteiger partial charge on any atom is 0.0827 e. The minimum Gasteiger partial charge on any atom is -0.396 e. The molecule has 0 aliphatic heterocycles. The van der Waals surface area contributed by atoms with Gasteiger partial charge in [-0.2, -0.15) is 0 Å². The van der Waals surface area contributed by atoms with Gasteiger partial charge >= 0.3 is 0 Å². The number of ether oxygens (including phenoxy) is 1. The van der Waals surface area contributed by atoms with Gasteiger partial charge in [0.1, 0.15) is 0 Å². The van der Waals surface area contributed by atoms with E-state index >= 15 is 0 Å². The van der Waals surface area contributed by atoms with E-state index in [1.807, 2.05) is 6.92 Å². The Balaban J connectivity index is 3.21. The summed E-state index contributed by atoms with van der Waals surface area (Å²) in [7, 11) is 0. The first-order valence-electron chi connectivity index (χ1n) is 3.68. The summed E-state index contributed by atoms with van der Waals surface area (Å²) >= 11 is 0. The molecule has 0 heterocycles. The molecular weight excluding hydrogens is 132 g/mol. The van der Waals surface area contributed by atoms with Crippen LogP contribution in [0.5, 0.6) is 0 Å². The smallest absolute Gasteiger partial charge is 0.0827 e. The van der Waals surface area contributed by atoms with E-state index in [2.05, 4.69) is 0 Å².